The van der Waals surface area contributed by atoms with Gasteiger partial charge in [-0.3, -0.25) is 0 Å². The third-order valence-electron chi connectivity index (χ3n) is 0.864. The maximum absolute atomic E-state index is 5.06. The van der Waals surface area contributed by atoms with Gasteiger partial charge in [0.1, 0.15) is 0 Å². The Morgan fingerprint density at radius 1 is 0.800 bits per heavy atom. The molecule has 0 N–H and O–H groups in total. The third kappa shape index (κ3) is 11.9. The van der Waals surface area contributed by atoms with Crippen molar-refractivity contribution < 1.29 is 51.1 Å². The fourth-order valence-corrected chi connectivity index (χ4v) is 0.387. The molecule has 69 valence electrons. The fourth-order valence-electron chi connectivity index (χ4n) is 0.387. The van der Waals surface area contributed by atoms with Crippen LogP contribution in [0.5, 0.6) is 0 Å². The Kier molecular flexibility index (Phi) is 17.5. The van der Waals surface area contributed by atoms with Crippen molar-refractivity contribution in [1.29, 1.82) is 0 Å². The zero-order valence-electron chi connectivity index (χ0n) is 6.33. The van der Waals surface area contributed by atoms with Gasteiger partial charge in [0.15, 0.2) is 0 Å². The van der Waals surface area contributed by atoms with Crippen LogP contribution in [-0.4, -0.2) is 40.6 Å². The van der Waals surface area contributed by atoms with Crippen LogP contribution in [0.2, 0.25) is 0 Å². The van der Waals surface area contributed by atoms with Gasteiger partial charge in [0.25, 0.3) is 0 Å². The maximum Gasteiger partial charge on any atom is 0.0701 e. The van der Waals surface area contributed by atoms with E-state index >= 15 is 0 Å². The molecule has 0 bridgehead atoms. The van der Waals surface area contributed by atoms with Gasteiger partial charge in [-0.2, -0.15) is 0 Å². The first-order chi connectivity index (χ1) is 4.41. The molecule has 0 rings (SSSR count). The molecule has 0 saturated carbocycles. The number of hydrogen-bond donors (Lipinski definition) is 0. The number of ether oxygens (including phenoxy) is 3. The summed E-state index contributed by atoms with van der Waals surface area (Å²) in [7, 11) is 3.30. The molecule has 0 aliphatic carbocycles. The first-order valence-corrected chi connectivity index (χ1v) is 2.97. The van der Waals surface area contributed by atoms with Crippen molar-refractivity contribution in [1.82, 2.24) is 0 Å². The molecule has 0 atom stereocenters. The average molecular weight is 303 g/mol. The first-order valence-electron chi connectivity index (χ1n) is 2.97. The van der Waals surface area contributed by atoms with E-state index < -0.39 is 0 Å². The summed E-state index contributed by atoms with van der Waals surface area (Å²) in [6, 6.07) is 0. The molecular formula is C6H14O3Tm. The van der Waals surface area contributed by atoms with Crippen molar-refractivity contribution in [3.63, 3.8) is 0 Å². The molecule has 10 heavy (non-hydrogen) atoms. The molecule has 0 aromatic carbocycles. The van der Waals surface area contributed by atoms with Crippen molar-refractivity contribution in [3.8, 4) is 0 Å². The number of methoxy groups -OCH3 is 2. The molecule has 0 aliphatic heterocycles. The zero-order chi connectivity index (χ0) is 6.95. The van der Waals surface area contributed by atoms with E-state index in [1.165, 1.54) is 0 Å². The van der Waals surface area contributed by atoms with Gasteiger partial charge in [0.2, 0.25) is 0 Å². The summed E-state index contributed by atoms with van der Waals surface area (Å²) in [5.41, 5.74) is 0. The fraction of sp³-hybridized carbons (Fsp3) is 1.00. The molecule has 0 aliphatic rings. The monoisotopic (exact) mass is 303 g/mol. The van der Waals surface area contributed by atoms with Gasteiger partial charge in [0.05, 0.1) is 26.4 Å². The molecule has 0 fully saturated rings. The smallest absolute Gasteiger partial charge is 0.0701 e. The van der Waals surface area contributed by atoms with E-state index in [1.54, 1.807) is 14.2 Å². The first kappa shape index (κ1) is 13.7. The number of hydrogen-bond acceptors (Lipinski definition) is 3. The molecule has 0 aromatic rings. The van der Waals surface area contributed by atoms with E-state index in [-0.39, 0.29) is 36.9 Å². The second-order valence-electron chi connectivity index (χ2n) is 1.60. The Morgan fingerprint density at radius 2 is 1.20 bits per heavy atom. The van der Waals surface area contributed by atoms with Crippen LogP contribution in [0.1, 0.15) is 0 Å². The molecule has 3 nitrogen and oxygen atoms in total. The minimum absolute atomic E-state index is 0. The van der Waals surface area contributed by atoms with Crippen molar-refractivity contribution in [2.75, 3.05) is 40.6 Å². The van der Waals surface area contributed by atoms with Crippen LogP contribution >= 0.6 is 0 Å². The Bertz CT molecular complexity index is 46.3. The normalized spacial score (nSPS) is 9.00. The molecular weight excluding hydrogens is 289 g/mol. The van der Waals surface area contributed by atoms with Crippen LogP contribution in [0.4, 0.5) is 0 Å². The Labute approximate surface area is 91.2 Å². The van der Waals surface area contributed by atoms with Crippen LogP contribution < -0.4 is 0 Å². The summed E-state index contributed by atoms with van der Waals surface area (Å²) in [5.74, 6) is 0. The summed E-state index contributed by atoms with van der Waals surface area (Å²) in [4.78, 5) is 0. The molecule has 0 aromatic heterocycles. The van der Waals surface area contributed by atoms with Gasteiger partial charge in [-0.1, -0.05) is 0 Å². The Morgan fingerprint density at radius 3 is 1.50 bits per heavy atom. The van der Waals surface area contributed by atoms with Crippen LogP contribution in [0.3, 0.4) is 0 Å². The quantitative estimate of drug-likeness (QED) is 0.661. The third-order valence-corrected chi connectivity index (χ3v) is 0.864. The van der Waals surface area contributed by atoms with Gasteiger partial charge in [0, 0.05) is 51.1 Å². The van der Waals surface area contributed by atoms with Crippen LogP contribution in [0.25, 0.3) is 0 Å². The molecule has 0 unspecified atom stereocenters. The topological polar surface area (TPSA) is 27.7 Å². The summed E-state index contributed by atoms with van der Waals surface area (Å²) in [6.45, 7) is 2.62. The Hall–Kier alpha value is 1.11. The largest absolute Gasteiger partial charge is 0.382 e. The summed E-state index contributed by atoms with van der Waals surface area (Å²) < 4.78 is 14.6. The minimum atomic E-state index is 0. The van der Waals surface area contributed by atoms with Gasteiger partial charge >= 0.3 is 0 Å². The Balaban J connectivity index is 0. The van der Waals surface area contributed by atoms with E-state index in [1.807, 2.05) is 0 Å². The maximum atomic E-state index is 5.06. The van der Waals surface area contributed by atoms with E-state index in [0.717, 1.165) is 0 Å². The number of rotatable bonds is 6. The van der Waals surface area contributed by atoms with Gasteiger partial charge in [-0.05, 0) is 0 Å². The van der Waals surface area contributed by atoms with Crippen molar-refractivity contribution in [3.05, 3.63) is 0 Å². The van der Waals surface area contributed by atoms with Gasteiger partial charge in [-0.25, -0.2) is 0 Å². The van der Waals surface area contributed by atoms with Gasteiger partial charge < -0.3 is 14.2 Å². The second-order valence-corrected chi connectivity index (χ2v) is 1.60. The molecule has 4 heteroatoms. The molecule has 0 amide bonds. The minimum Gasteiger partial charge on any atom is -0.382 e. The van der Waals surface area contributed by atoms with Crippen molar-refractivity contribution >= 4 is 0 Å². The van der Waals surface area contributed by atoms with Crippen molar-refractivity contribution in [2.45, 2.75) is 0 Å². The summed E-state index contributed by atoms with van der Waals surface area (Å²) in [6.07, 6.45) is 0. The SMILES string of the molecule is COCCOCCOC.[Tm]. The molecule has 0 spiro atoms. The molecule has 0 heterocycles. The predicted octanol–water partition coefficient (Wildman–Crippen LogP) is 0.296. The average Bonchev–Trinajstić information content (AvgIpc) is 1.89. The standard InChI is InChI=1S/C6H14O3.Tm/c1-7-3-5-9-6-4-8-2;/h3-6H2,1-2H3;. The summed E-state index contributed by atoms with van der Waals surface area (Å²) >= 11 is 0. The zero-order valence-corrected chi connectivity index (χ0v) is 8.11. The van der Waals surface area contributed by atoms with Crippen molar-refractivity contribution in [2.24, 2.45) is 0 Å². The predicted molar refractivity (Wildman–Crippen MR) is 34.6 cm³/mol. The van der Waals surface area contributed by atoms with E-state index in [4.69, 9.17) is 14.2 Å². The van der Waals surface area contributed by atoms with Crippen LogP contribution in [0.15, 0.2) is 0 Å². The van der Waals surface area contributed by atoms with E-state index in [0.29, 0.717) is 26.4 Å². The van der Waals surface area contributed by atoms with E-state index in [2.05, 4.69) is 0 Å². The second kappa shape index (κ2) is 12.8. The van der Waals surface area contributed by atoms with Crippen LogP contribution in [0, 0.1) is 36.9 Å². The van der Waals surface area contributed by atoms with Gasteiger partial charge in [-0.15, -0.1) is 0 Å². The summed E-state index contributed by atoms with van der Waals surface area (Å²) in [5, 5.41) is 0. The molecule has 0 saturated heterocycles. The van der Waals surface area contributed by atoms with Crippen LogP contribution in [-0.2, 0) is 14.2 Å². The molecule has 1 radical (unpaired) electrons. The van der Waals surface area contributed by atoms with E-state index in [9.17, 15) is 0 Å².